The van der Waals surface area contributed by atoms with Gasteiger partial charge < -0.3 is 5.73 Å². The van der Waals surface area contributed by atoms with Gasteiger partial charge in [-0.2, -0.15) is 0 Å². The molecule has 2 aromatic rings. The van der Waals surface area contributed by atoms with Crippen LogP contribution in [-0.2, 0) is 6.54 Å². The molecule has 2 N–H and O–H groups in total. The second-order valence-corrected chi connectivity index (χ2v) is 5.34. The van der Waals surface area contributed by atoms with E-state index in [-0.39, 0.29) is 0 Å². The molecule has 86 valence electrons. The van der Waals surface area contributed by atoms with Crippen molar-refractivity contribution in [3.05, 3.63) is 23.5 Å². The molecule has 1 saturated heterocycles. The fourth-order valence-corrected chi connectivity index (χ4v) is 3.04. The molecular formula is C11H16N4S. The standard InChI is InChI=1S/C11H16N4S/c12-9-2-1-3-14(6-9)7-10-8-15-4-5-16-11(15)13-10/h4-5,8-9H,1-3,6-7,12H2/t9-/m1/s1. The predicted octanol–water partition coefficient (Wildman–Crippen LogP) is 1.32. The van der Waals surface area contributed by atoms with E-state index in [4.69, 9.17) is 5.73 Å². The quantitative estimate of drug-likeness (QED) is 0.855. The Hall–Kier alpha value is -0.910. The minimum absolute atomic E-state index is 0.345. The smallest absolute Gasteiger partial charge is 0.193 e. The van der Waals surface area contributed by atoms with Crippen LogP contribution in [0.2, 0.25) is 0 Å². The number of nitrogens with zero attached hydrogens (tertiary/aromatic N) is 3. The summed E-state index contributed by atoms with van der Waals surface area (Å²) in [6.07, 6.45) is 6.54. The van der Waals surface area contributed by atoms with Crippen molar-refractivity contribution in [2.75, 3.05) is 13.1 Å². The maximum atomic E-state index is 5.97. The van der Waals surface area contributed by atoms with Crippen LogP contribution in [0.25, 0.3) is 4.96 Å². The zero-order valence-corrected chi connectivity index (χ0v) is 9.99. The van der Waals surface area contributed by atoms with E-state index in [9.17, 15) is 0 Å². The Kier molecular flexibility index (Phi) is 2.67. The fraction of sp³-hybridized carbons (Fsp3) is 0.545. The van der Waals surface area contributed by atoms with Gasteiger partial charge in [-0.25, -0.2) is 4.98 Å². The number of hydrogen-bond donors (Lipinski definition) is 1. The molecule has 0 bridgehead atoms. The van der Waals surface area contributed by atoms with Crippen LogP contribution in [0.3, 0.4) is 0 Å². The van der Waals surface area contributed by atoms with Crippen LogP contribution < -0.4 is 5.73 Å². The van der Waals surface area contributed by atoms with E-state index in [0.717, 1.165) is 36.7 Å². The lowest BCUT2D eigenvalue weighted by molar-refractivity contribution is 0.200. The van der Waals surface area contributed by atoms with Crippen molar-refractivity contribution < 1.29 is 0 Å². The summed E-state index contributed by atoms with van der Waals surface area (Å²) in [6, 6.07) is 0.345. The Labute approximate surface area is 98.7 Å². The third kappa shape index (κ3) is 1.98. The fourth-order valence-electron chi connectivity index (χ4n) is 2.32. The Balaban J connectivity index is 1.71. The second kappa shape index (κ2) is 4.16. The molecule has 2 aromatic heterocycles. The second-order valence-electron chi connectivity index (χ2n) is 4.46. The summed E-state index contributed by atoms with van der Waals surface area (Å²) in [6.45, 7) is 3.09. The van der Waals surface area contributed by atoms with Crippen LogP contribution >= 0.6 is 11.3 Å². The first-order chi connectivity index (χ1) is 7.81. The predicted molar refractivity (Wildman–Crippen MR) is 65.6 cm³/mol. The van der Waals surface area contributed by atoms with Gasteiger partial charge in [0.1, 0.15) is 0 Å². The minimum Gasteiger partial charge on any atom is -0.327 e. The topological polar surface area (TPSA) is 46.6 Å². The van der Waals surface area contributed by atoms with E-state index in [1.807, 2.05) is 0 Å². The monoisotopic (exact) mass is 236 g/mol. The van der Waals surface area contributed by atoms with Crippen LogP contribution in [0.15, 0.2) is 17.8 Å². The lowest BCUT2D eigenvalue weighted by atomic mass is 10.1. The summed E-state index contributed by atoms with van der Waals surface area (Å²) < 4.78 is 2.09. The van der Waals surface area contributed by atoms with Crippen molar-refractivity contribution in [3.8, 4) is 0 Å². The van der Waals surface area contributed by atoms with E-state index < -0.39 is 0 Å². The third-order valence-corrected chi connectivity index (χ3v) is 3.84. The molecule has 0 aliphatic carbocycles. The van der Waals surface area contributed by atoms with Gasteiger partial charge in [-0.15, -0.1) is 11.3 Å². The number of likely N-dealkylation sites (tertiary alicyclic amines) is 1. The molecule has 3 rings (SSSR count). The van der Waals surface area contributed by atoms with Gasteiger partial charge in [0.25, 0.3) is 0 Å². The first-order valence-corrected chi connectivity index (χ1v) is 6.58. The number of aromatic nitrogens is 2. The highest BCUT2D eigenvalue weighted by Gasteiger charge is 2.17. The minimum atomic E-state index is 0.345. The van der Waals surface area contributed by atoms with Gasteiger partial charge >= 0.3 is 0 Å². The normalized spacial score (nSPS) is 22.9. The van der Waals surface area contributed by atoms with Gasteiger partial charge in [0.15, 0.2) is 4.96 Å². The van der Waals surface area contributed by atoms with Gasteiger partial charge in [-0.3, -0.25) is 9.30 Å². The zero-order chi connectivity index (χ0) is 11.0. The molecule has 1 atom stereocenters. The highest BCUT2D eigenvalue weighted by Crippen LogP contribution is 2.15. The third-order valence-electron chi connectivity index (χ3n) is 3.07. The largest absolute Gasteiger partial charge is 0.327 e. The Morgan fingerprint density at radius 1 is 1.56 bits per heavy atom. The lowest BCUT2D eigenvalue weighted by Crippen LogP contribution is -2.42. The van der Waals surface area contributed by atoms with Gasteiger partial charge in [0, 0.05) is 36.9 Å². The highest BCUT2D eigenvalue weighted by molar-refractivity contribution is 7.15. The number of piperidine rings is 1. The number of imidazole rings is 1. The average Bonchev–Trinajstić information content (AvgIpc) is 2.77. The van der Waals surface area contributed by atoms with Crippen LogP contribution in [0.4, 0.5) is 0 Å². The van der Waals surface area contributed by atoms with Crippen molar-refractivity contribution in [2.24, 2.45) is 5.73 Å². The number of fused-ring (bicyclic) bond motifs is 1. The summed E-state index contributed by atoms with van der Waals surface area (Å²) in [5.41, 5.74) is 7.12. The molecule has 1 aliphatic rings. The van der Waals surface area contributed by atoms with Gasteiger partial charge in [-0.05, 0) is 19.4 Å². The molecule has 4 nitrogen and oxygen atoms in total. The number of rotatable bonds is 2. The lowest BCUT2D eigenvalue weighted by Gasteiger charge is -2.29. The number of hydrogen-bond acceptors (Lipinski definition) is 4. The van der Waals surface area contributed by atoms with Gasteiger partial charge in [-0.1, -0.05) is 0 Å². The number of nitrogens with two attached hydrogens (primary N) is 1. The Bertz CT molecular complexity index is 446. The highest BCUT2D eigenvalue weighted by atomic mass is 32.1. The van der Waals surface area contributed by atoms with Gasteiger partial charge in [0.05, 0.1) is 5.69 Å². The molecular weight excluding hydrogens is 220 g/mol. The maximum Gasteiger partial charge on any atom is 0.193 e. The SMILES string of the molecule is N[C@@H]1CCCN(Cc2cn3ccsc3n2)C1. The van der Waals surface area contributed by atoms with Crippen molar-refractivity contribution in [2.45, 2.75) is 25.4 Å². The van der Waals surface area contributed by atoms with E-state index in [1.54, 1.807) is 11.3 Å². The molecule has 0 unspecified atom stereocenters. The van der Waals surface area contributed by atoms with Crippen LogP contribution in [0.1, 0.15) is 18.5 Å². The van der Waals surface area contributed by atoms with Crippen molar-refractivity contribution >= 4 is 16.3 Å². The Morgan fingerprint density at radius 3 is 3.31 bits per heavy atom. The molecule has 1 fully saturated rings. The molecule has 0 radical (unpaired) electrons. The summed E-state index contributed by atoms with van der Waals surface area (Å²) >= 11 is 1.68. The summed E-state index contributed by atoms with van der Waals surface area (Å²) in [5.74, 6) is 0. The van der Waals surface area contributed by atoms with E-state index in [2.05, 4.69) is 32.1 Å². The number of thiazole rings is 1. The molecule has 0 amide bonds. The van der Waals surface area contributed by atoms with Gasteiger partial charge in [0.2, 0.25) is 0 Å². The first-order valence-electron chi connectivity index (χ1n) is 5.70. The molecule has 1 aliphatic heterocycles. The van der Waals surface area contributed by atoms with Crippen molar-refractivity contribution in [1.29, 1.82) is 0 Å². The van der Waals surface area contributed by atoms with Crippen LogP contribution in [0, 0.1) is 0 Å². The zero-order valence-electron chi connectivity index (χ0n) is 9.17. The Morgan fingerprint density at radius 2 is 2.50 bits per heavy atom. The van der Waals surface area contributed by atoms with E-state index in [1.165, 1.54) is 6.42 Å². The average molecular weight is 236 g/mol. The van der Waals surface area contributed by atoms with Crippen molar-refractivity contribution in [1.82, 2.24) is 14.3 Å². The first kappa shape index (κ1) is 10.3. The molecule has 3 heterocycles. The van der Waals surface area contributed by atoms with E-state index in [0.29, 0.717) is 6.04 Å². The summed E-state index contributed by atoms with van der Waals surface area (Å²) in [7, 11) is 0. The molecule has 16 heavy (non-hydrogen) atoms. The van der Waals surface area contributed by atoms with Crippen LogP contribution in [-0.4, -0.2) is 33.4 Å². The van der Waals surface area contributed by atoms with Crippen LogP contribution in [0.5, 0.6) is 0 Å². The summed E-state index contributed by atoms with van der Waals surface area (Å²) in [4.78, 5) is 8.07. The van der Waals surface area contributed by atoms with Crippen molar-refractivity contribution in [3.63, 3.8) is 0 Å². The molecule has 5 heteroatoms. The molecule has 0 spiro atoms. The molecule has 0 saturated carbocycles. The molecule has 0 aromatic carbocycles. The summed E-state index contributed by atoms with van der Waals surface area (Å²) in [5, 5.41) is 2.06. The van der Waals surface area contributed by atoms with E-state index >= 15 is 0 Å². The maximum absolute atomic E-state index is 5.97.